The van der Waals surface area contributed by atoms with Crippen LogP contribution in [0.1, 0.15) is 11.9 Å². The summed E-state index contributed by atoms with van der Waals surface area (Å²) >= 11 is 0. The lowest BCUT2D eigenvalue weighted by Gasteiger charge is -2.19. The van der Waals surface area contributed by atoms with Crippen molar-refractivity contribution < 1.29 is 33.8 Å². The number of ether oxygens (including phenoxy) is 1. The van der Waals surface area contributed by atoms with Gasteiger partial charge in [-0.1, -0.05) is 6.58 Å². The van der Waals surface area contributed by atoms with E-state index in [0.29, 0.717) is 17.2 Å². The van der Waals surface area contributed by atoms with Gasteiger partial charge in [0.2, 0.25) is 0 Å². The van der Waals surface area contributed by atoms with Gasteiger partial charge in [0.25, 0.3) is 0 Å². The van der Waals surface area contributed by atoms with Crippen LogP contribution in [0.4, 0.5) is 5.82 Å². The molecule has 1 saturated heterocycles. The van der Waals surface area contributed by atoms with E-state index in [1.807, 2.05) is 0 Å². The predicted octanol–water partition coefficient (Wildman–Crippen LogP) is -1.15. The third-order valence-corrected chi connectivity index (χ3v) is 3.98. The summed E-state index contributed by atoms with van der Waals surface area (Å²) in [6.45, 7) is 3.19. The zero-order valence-corrected chi connectivity index (χ0v) is 12.6. The molecule has 3 heterocycles. The normalized spacial score (nSPS) is 30.3. The number of aliphatic hydroxyl groups excluding tert-OH is 2. The van der Waals surface area contributed by atoms with Crippen LogP contribution in [-0.4, -0.2) is 60.8 Å². The Morgan fingerprint density at radius 2 is 2.17 bits per heavy atom. The predicted molar refractivity (Wildman–Crippen MR) is 76.5 cm³/mol. The second-order valence-corrected chi connectivity index (χ2v) is 6.28. The zero-order valence-electron chi connectivity index (χ0n) is 11.7. The lowest BCUT2D eigenvalue weighted by Crippen LogP contribution is -2.33. The highest BCUT2D eigenvalue weighted by molar-refractivity contribution is 7.46. The van der Waals surface area contributed by atoms with Crippen molar-refractivity contribution in [3.05, 3.63) is 18.6 Å². The molecular formula is C11H15N4O7P. The molecule has 5 N–H and O–H groups in total. The quantitative estimate of drug-likeness (QED) is 0.424. The van der Waals surface area contributed by atoms with Gasteiger partial charge in [0.15, 0.2) is 12.0 Å². The number of aliphatic hydroxyl groups is 2. The summed E-state index contributed by atoms with van der Waals surface area (Å²) in [4.78, 5) is 25.6. The number of rotatable bonds is 4. The number of phosphoric acid groups is 1. The van der Waals surface area contributed by atoms with E-state index in [1.54, 1.807) is 0 Å². The van der Waals surface area contributed by atoms with Crippen LogP contribution in [0.3, 0.4) is 0 Å². The summed E-state index contributed by atoms with van der Waals surface area (Å²) < 4.78 is 21.9. The van der Waals surface area contributed by atoms with Crippen molar-refractivity contribution in [2.75, 3.05) is 6.61 Å². The number of aromatic nitrogens is 2. The van der Waals surface area contributed by atoms with Crippen LogP contribution in [0, 0.1) is 0 Å². The maximum absolute atomic E-state index is 10.7. The molecule has 0 aliphatic carbocycles. The Morgan fingerprint density at radius 3 is 2.87 bits per heavy atom. The topological polar surface area (TPSA) is 159 Å². The highest BCUT2D eigenvalue weighted by atomic mass is 31.2. The Morgan fingerprint density at radius 1 is 1.43 bits per heavy atom. The molecule has 0 aromatic carbocycles. The fraction of sp³-hybridized carbons (Fsp3) is 0.455. The number of imidazole rings is 1. The Kier molecular flexibility index (Phi) is 4.10. The summed E-state index contributed by atoms with van der Waals surface area (Å²) in [6, 6.07) is 0. The maximum atomic E-state index is 10.7. The molecule has 0 bridgehead atoms. The van der Waals surface area contributed by atoms with E-state index in [0.717, 1.165) is 0 Å². The first kappa shape index (κ1) is 16.3. The zero-order chi connectivity index (χ0) is 16.8. The Hall–Kier alpha value is -1.59. The van der Waals surface area contributed by atoms with Gasteiger partial charge < -0.3 is 30.1 Å². The smallest absolute Gasteiger partial charge is 0.387 e. The highest BCUT2D eigenvalue weighted by Crippen LogP contribution is 2.39. The van der Waals surface area contributed by atoms with Crippen LogP contribution in [0.15, 0.2) is 17.9 Å². The van der Waals surface area contributed by atoms with Crippen LogP contribution in [-0.2, 0) is 13.8 Å². The van der Waals surface area contributed by atoms with Crippen LogP contribution in [0.25, 0.3) is 5.70 Å². The van der Waals surface area contributed by atoms with Crippen molar-refractivity contribution in [2.45, 2.75) is 24.5 Å². The van der Waals surface area contributed by atoms with Gasteiger partial charge in [0.05, 0.1) is 25.0 Å². The fourth-order valence-corrected chi connectivity index (χ4v) is 2.73. The Labute approximate surface area is 130 Å². The molecule has 126 valence electrons. The first-order valence-corrected chi connectivity index (χ1v) is 8.08. The summed E-state index contributed by atoms with van der Waals surface area (Å²) in [5, 5.41) is 22.9. The molecule has 3 rings (SSSR count). The van der Waals surface area contributed by atoms with Gasteiger partial charge in [-0.2, -0.15) is 0 Å². The minimum absolute atomic E-state index is 0.376. The molecule has 4 atom stereocenters. The van der Waals surface area contributed by atoms with E-state index in [2.05, 4.69) is 26.4 Å². The molecule has 1 aromatic rings. The largest absolute Gasteiger partial charge is 0.469 e. The third kappa shape index (κ3) is 3.08. The number of nitrogens with one attached hydrogen (secondary N) is 1. The molecule has 2 aliphatic heterocycles. The van der Waals surface area contributed by atoms with Crippen molar-refractivity contribution in [1.82, 2.24) is 14.9 Å². The van der Waals surface area contributed by atoms with E-state index < -0.39 is 39.0 Å². The number of nitrogens with zero attached hydrogens (tertiary/aromatic N) is 3. The number of fused-ring (bicyclic) bond motifs is 1. The van der Waals surface area contributed by atoms with E-state index >= 15 is 0 Å². The summed E-state index contributed by atoms with van der Waals surface area (Å²) in [6.07, 6.45) is -2.12. The molecule has 0 spiro atoms. The lowest BCUT2D eigenvalue weighted by molar-refractivity contribution is -0.0512. The SMILES string of the molecule is C=C1NC=Nc2c1ncn2[C@@H]1O[C@H](COP(=O)(O)O)C(O)[C@@H]1O. The van der Waals surface area contributed by atoms with Crippen LogP contribution in [0.5, 0.6) is 0 Å². The molecule has 0 radical (unpaired) electrons. The van der Waals surface area contributed by atoms with Crippen LogP contribution in [0.2, 0.25) is 0 Å². The van der Waals surface area contributed by atoms with Crippen molar-refractivity contribution in [3.63, 3.8) is 0 Å². The van der Waals surface area contributed by atoms with E-state index in [4.69, 9.17) is 14.5 Å². The first-order chi connectivity index (χ1) is 10.8. The van der Waals surface area contributed by atoms with Gasteiger partial charge in [-0.3, -0.25) is 9.09 Å². The van der Waals surface area contributed by atoms with Gasteiger partial charge in [-0.25, -0.2) is 14.5 Å². The number of hydrogen-bond acceptors (Lipinski definition) is 8. The molecule has 0 amide bonds. The minimum atomic E-state index is -4.71. The van der Waals surface area contributed by atoms with Gasteiger partial charge in [0.1, 0.15) is 24.0 Å². The molecule has 11 nitrogen and oxygen atoms in total. The third-order valence-electron chi connectivity index (χ3n) is 3.50. The molecule has 1 aromatic heterocycles. The lowest BCUT2D eigenvalue weighted by atomic mass is 10.1. The van der Waals surface area contributed by atoms with Gasteiger partial charge in [-0.15, -0.1) is 0 Å². The summed E-state index contributed by atoms with van der Waals surface area (Å²) in [5.41, 5.74) is 0.982. The second kappa shape index (κ2) is 5.80. The Balaban J connectivity index is 1.81. The van der Waals surface area contributed by atoms with Gasteiger partial charge in [-0.05, 0) is 0 Å². The molecule has 23 heavy (non-hydrogen) atoms. The van der Waals surface area contributed by atoms with Crippen molar-refractivity contribution in [3.8, 4) is 0 Å². The molecule has 2 aliphatic rings. The highest BCUT2D eigenvalue weighted by Gasteiger charge is 2.45. The summed E-state index contributed by atoms with van der Waals surface area (Å²) in [7, 11) is -4.71. The van der Waals surface area contributed by atoms with Crippen molar-refractivity contribution >= 4 is 25.7 Å². The Bertz CT molecular complexity index is 699. The van der Waals surface area contributed by atoms with Gasteiger partial charge >= 0.3 is 7.82 Å². The van der Waals surface area contributed by atoms with Crippen LogP contribution >= 0.6 is 7.82 Å². The van der Waals surface area contributed by atoms with Crippen LogP contribution < -0.4 is 5.32 Å². The van der Waals surface area contributed by atoms with E-state index in [1.165, 1.54) is 17.2 Å². The molecular weight excluding hydrogens is 331 g/mol. The molecule has 0 saturated carbocycles. The monoisotopic (exact) mass is 346 g/mol. The average molecular weight is 346 g/mol. The number of phosphoric ester groups is 1. The maximum Gasteiger partial charge on any atom is 0.469 e. The molecule has 12 heteroatoms. The average Bonchev–Trinajstić information content (AvgIpc) is 3.01. The number of hydrogen-bond donors (Lipinski definition) is 5. The van der Waals surface area contributed by atoms with Crippen molar-refractivity contribution in [2.24, 2.45) is 4.99 Å². The van der Waals surface area contributed by atoms with E-state index in [-0.39, 0.29) is 0 Å². The number of aliphatic imine (C=N–C) groups is 1. The minimum Gasteiger partial charge on any atom is -0.387 e. The summed E-state index contributed by atoms with van der Waals surface area (Å²) in [5.74, 6) is 0.376. The fourth-order valence-electron chi connectivity index (χ4n) is 2.39. The molecule has 1 fully saturated rings. The van der Waals surface area contributed by atoms with Gasteiger partial charge in [0, 0.05) is 0 Å². The standard InChI is InChI=1S/C11H15N4O7P/c1-5-7-10(13-3-12-5)15(4-14-7)11-9(17)8(16)6(22-11)2-21-23(18,19)20/h3-4,6,8-9,11,16-17H,1-2H2,(H,12,13)(H2,18,19,20)/t6-,8?,9+,11-/m1/s1. The van der Waals surface area contributed by atoms with Crippen molar-refractivity contribution in [1.29, 1.82) is 0 Å². The van der Waals surface area contributed by atoms with E-state index in [9.17, 15) is 14.8 Å². The first-order valence-electron chi connectivity index (χ1n) is 6.55. The second-order valence-electron chi connectivity index (χ2n) is 5.04. The molecule has 1 unspecified atom stereocenters.